The Hall–Kier alpha value is -1.35. The van der Waals surface area contributed by atoms with Crippen molar-refractivity contribution < 1.29 is 9.53 Å². The second-order valence-corrected chi connectivity index (χ2v) is 4.31. The summed E-state index contributed by atoms with van der Waals surface area (Å²) in [5.41, 5.74) is 9.60. The van der Waals surface area contributed by atoms with Crippen molar-refractivity contribution in [2.24, 2.45) is 5.73 Å². The van der Waals surface area contributed by atoms with Crippen LogP contribution in [0.3, 0.4) is 0 Å². The monoisotopic (exact) mass is 235 g/mol. The highest BCUT2D eigenvalue weighted by Gasteiger charge is 2.11. The first-order valence-corrected chi connectivity index (χ1v) is 6.03. The molecule has 0 aliphatic heterocycles. The van der Waals surface area contributed by atoms with Crippen LogP contribution in [0.5, 0.6) is 0 Å². The van der Waals surface area contributed by atoms with Crippen molar-refractivity contribution in [1.82, 2.24) is 0 Å². The van der Waals surface area contributed by atoms with Crippen LogP contribution in [0.25, 0.3) is 0 Å². The van der Waals surface area contributed by atoms with Crippen LogP contribution < -0.4 is 5.73 Å². The van der Waals surface area contributed by atoms with Crippen LogP contribution >= 0.6 is 0 Å². The Morgan fingerprint density at radius 2 is 2.12 bits per heavy atom. The number of aryl methyl sites for hydroxylation is 2. The van der Waals surface area contributed by atoms with Gasteiger partial charge in [-0.3, -0.25) is 4.79 Å². The van der Waals surface area contributed by atoms with E-state index in [4.69, 9.17) is 10.5 Å². The zero-order chi connectivity index (χ0) is 12.8. The van der Waals surface area contributed by atoms with E-state index in [1.807, 2.05) is 26.0 Å². The van der Waals surface area contributed by atoms with Crippen molar-refractivity contribution in [2.75, 3.05) is 6.61 Å². The summed E-state index contributed by atoms with van der Waals surface area (Å²) in [5.74, 6) is -0.173. The summed E-state index contributed by atoms with van der Waals surface area (Å²) < 4.78 is 4.88. The average Bonchev–Trinajstić information content (AvgIpc) is 2.26. The third-order valence-electron chi connectivity index (χ3n) is 2.79. The highest BCUT2D eigenvalue weighted by atomic mass is 16.5. The first kappa shape index (κ1) is 13.7. The molecule has 1 unspecified atom stereocenters. The van der Waals surface area contributed by atoms with Gasteiger partial charge in [-0.1, -0.05) is 23.8 Å². The average molecular weight is 235 g/mol. The van der Waals surface area contributed by atoms with Gasteiger partial charge in [0.15, 0.2) is 0 Å². The van der Waals surface area contributed by atoms with Crippen molar-refractivity contribution in [2.45, 2.75) is 39.7 Å². The fourth-order valence-electron chi connectivity index (χ4n) is 1.90. The van der Waals surface area contributed by atoms with E-state index < -0.39 is 0 Å². The number of ether oxygens (including phenoxy) is 1. The predicted molar refractivity (Wildman–Crippen MR) is 68.7 cm³/mol. The summed E-state index contributed by atoms with van der Waals surface area (Å²) in [7, 11) is 0. The molecule has 1 rings (SSSR count). The lowest BCUT2D eigenvalue weighted by atomic mass is 9.97. The van der Waals surface area contributed by atoms with Gasteiger partial charge in [-0.2, -0.15) is 0 Å². The lowest BCUT2D eigenvalue weighted by molar-refractivity contribution is -0.143. The normalized spacial score (nSPS) is 12.2. The van der Waals surface area contributed by atoms with E-state index in [1.165, 1.54) is 11.1 Å². The maximum Gasteiger partial charge on any atom is 0.305 e. The van der Waals surface area contributed by atoms with Gasteiger partial charge in [0, 0.05) is 12.5 Å². The molecule has 0 aliphatic carbocycles. The lowest BCUT2D eigenvalue weighted by Gasteiger charge is -2.14. The smallest absolute Gasteiger partial charge is 0.305 e. The quantitative estimate of drug-likeness (QED) is 0.798. The highest BCUT2D eigenvalue weighted by molar-refractivity contribution is 5.69. The molecule has 0 aromatic heterocycles. The van der Waals surface area contributed by atoms with E-state index in [-0.39, 0.29) is 12.0 Å². The van der Waals surface area contributed by atoms with Gasteiger partial charge in [0.25, 0.3) is 0 Å². The third kappa shape index (κ3) is 4.19. The molecule has 0 aliphatic rings. The van der Waals surface area contributed by atoms with Crippen molar-refractivity contribution >= 4 is 5.97 Å². The van der Waals surface area contributed by atoms with E-state index in [2.05, 4.69) is 13.0 Å². The molecule has 2 N–H and O–H groups in total. The number of rotatable bonds is 5. The van der Waals surface area contributed by atoms with Crippen molar-refractivity contribution in [1.29, 1.82) is 0 Å². The Morgan fingerprint density at radius 3 is 2.71 bits per heavy atom. The maximum atomic E-state index is 11.2. The van der Waals surface area contributed by atoms with Gasteiger partial charge in [-0.05, 0) is 38.3 Å². The molecular formula is C14H21NO2. The molecular weight excluding hydrogens is 214 g/mol. The van der Waals surface area contributed by atoms with Gasteiger partial charge in [-0.25, -0.2) is 0 Å². The minimum Gasteiger partial charge on any atom is -0.466 e. The lowest BCUT2D eigenvalue weighted by Crippen LogP contribution is -2.14. The second kappa shape index (κ2) is 6.40. The van der Waals surface area contributed by atoms with Crippen LogP contribution in [-0.4, -0.2) is 12.6 Å². The minimum absolute atomic E-state index is 0.0972. The molecule has 0 saturated heterocycles. The topological polar surface area (TPSA) is 52.3 Å². The Kier molecular flexibility index (Phi) is 5.16. The maximum absolute atomic E-state index is 11.2. The van der Waals surface area contributed by atoms with Crippen molar-refractivity contribution in [3.8, 4) is 0 Å². The first-order valence-electron chi connectivity index (χ1n) is 6.03. The molecule has 1 aromatic carbocycles. The summed E-state index contributed by atoms with van der Waals surface area (Å²) in [6.07, 6.45) is 1.01. The molecule has 0 saturated carbocycles. The molecule has 0 heterocycles. The molecule has 0 amide bonds. The Bertz CT molecular complexity index is 388. The number of esters is 1. The standard InChI is InChI=1S/C14H21NO2/c1-4-17-14(16)8-7-13(15)12-6-5-10(2)9-11(12)3/h5-6,9,13H,4,7-8,15H2,1-3H3. The molecule has 17 heavy (non-hydrogen) atoms. The fourth-order valence-corrected chi connectivity index (χ4v) is 1.90. The number of nitrogens with two attached hydrogens (primary N) is 1. The van der Waals surface area contributed by atoms with E-state index in [0.717, 1.165) is 5.56 Å². The summed E-state index contributed by atoms with van der Waals surface area (Å²) >= 11 is 0. The number of hydrogen-bond acceptors (Lipinski definition) is 3. The van der Waals surface area contributed by atoms with Crippen LogP contribution in [0.2, 0.25) is 0 Å². The van der Waals surface area contributed by atoms with Gasteiger partial charge in [-0.15, -0.1) is 0 Å². The fraction of sp³-hybridized carbons (Fsp3) is 0.500. The van der Waals surface area contributed by atoms with Gasteiger partial charge < -0.3 is 10.5 Å². The third-order valence-corrected chi connectivity index (χ3v) is 2.79. The van der Waals surface area contributed by atoms with Gasteiger partial charge in [0.1, 0.15) is 0 Å². The number of carbonyl (C=O) groups excluding carboxylic acids is 1. The van der Waals surface area contributed by atoms with Crippen LogP contribution in [0.15, 0.2) is 18.2 Å². The summed E-state index contributed by atoms with van der Waals surface area (Å²) in [6, 6.07) is 6.10. The molecule has 0 spiro atoms. The summed E-state index contributed by atoms with van der Waals surface area (Å²) in [4.78, 5) is 11.2. The van der Waals surface area contributed by atoms with Crippen LogP contribution in [-0.2, 0) is 9.53 Å². The number of hydrogen-bond donors (Lipinski definition) is 1. The van der Waals surface area contributed by atoms with Crippen LogP contribution in [0.4, 0.5) is 0 Å². The summed E-state index contributed by atoms with van der Waals surface area (Å²) in [6.45, 7) is 6.34. The van der Waals surface area contributed by atoms with E-state index in [9.17, 15) is 4.79 Å². The zero-order valence-electron chi connectivity index (χ0n) is 10.8. The zero-order valence-corrected chi connectivity index (χ0v) is 10.8. The van der Waals surface area contributed by atoms with Crippen molar-refractivity contribution in [3.05, 3.63) is 34.9 Å². The van der Waals surface area contributed by atoms with E-state index in [1.54, 1.807) is 0 Å². The van der Waals surface area contributed by atoms with Crippen LogP contribution in [0, 0.1) is 13.8 Å². The van der Waals surface area contributed by atoms with Crippen molar-refractivity contribution in [3.63, 3.8) is 0 Å². The second-order valence-electron chi connectivity index (χ2n) is 4.31. The first-order chi connectivity index (χ1) is 8.04. The van der Waals surface area contributed by atoms with E-state index in [0.29, 0.717) is 19.4 Å². The van der Waals surface area contributed by atoms with E-state index >= 15 is 0 Å². The molecule has 1 aromatic rings. The minimum atomic E-state index is -0.173. The van der Waals surface area contributed by atoms with Gasteiger partial charge in [0.2, 0.25) is 0 Å². The van der Waals surface area contributed by atoms with Gasteiger partial charge >= 0.3 is 5.97 Å². The highest BCUT2D eigenvalue weighted by Crippen LogP contribution is 2.20. The van der Waals surface area contributed by atoms with Gasteiger partial charge in [0.05, 0.1) is 6.61 Å². The molecule has 3 heteroatoms. The predicted octanol–water partition coefficient (Wildman–Crippen LogP) is 2.65. The molecule has 1 atom stereocenters. The largest absolute Gasteiger partial charge is 0.466 e. The Labute approximate surface area is 103 Å². The molecule has 0 fully saturated rings. The Balaban J connectivity index is 2.57. The number of carbonyl (C=O) groups is 1. The molecule has 0 radical (unpaired) electrons. The summed E-state index contributed by atoms with van der Waals surface area (Å²) in [5, 5.41) is 0. The Morgan fingerprint density at radius 1 is 1.41 bits per heavy atom. The number of benzene rings is 1. The molecule has 3 nitrogen and oxygen atoms in total. The van der Waals surface area contributed by atoms with Crippen LogP contribution in [0.1, 0.15) is 42.5 Å². The molecule has 0 bridgehead atoms. The SMILES string of the molecule is CCOC(=O)CCC(N)c1ccc(C)cc1C. The molecule has 94 valence electrons.